The maximum absolute atomic E-state index is 4.61. The van der Waals surface area contributed by atoms with Crippen LogP contribution >= 0.6 is 0 Å². The average Bonchev–Trinajstić information content (AvgIpc) is 3.29. The van der Waals surface area contributed by atoms with E-state index in [1.54, 1.807) is 0 Å². The van der Waals surface area contributed by atoms with Gasteiger partial charge in [-0.25, -0.2) is 0 Å². The molecule has 2 aliphatic rings. The second kappa shape index (κ2) is 8.11. The fourth-order valence-electron chi connectivity index (χ4n) is 4.63. The smallest absolute Gasteiger partial charge is 0.146 e. The van der Waals surface area contributed by atoms with Crippen molar-refractivity contribution in [2.75, 3.05) is 26.2 Å². The number of likely N-dealkylation sites (tertiary alicyclic amines) is 2. The van der Waals surface area contributed by atoms with E-state index in [4.69, 9.17) is 0 Å². The maximum atomic E-state index is 4.61. The molecule has 1 atom stereocenters. The Bertz CT molecular complexity index is 775. The van der Waals surface area contributed by atoms with E-state index in [0.29, 0.717) is 5.92 Å². The number of aromatic nitrogens is 3. The van der Waals surface area contributed by atoms with Gasteiger partial charge in [0.15, 0.2) is 0 Å². The lowest BCUT2D eigenvalue weighted by Crippen LogP contribution is -2.35. The highest BCUT2D eigenvalue weighted by molar-refractivity contribution is 5.30. The molecule has 0 N–H and O–H groups in total. The van der Waals surface area contributed by atoms with E-state index in [0.717, 1.165) is 25.5 Å². The number of aryl methyl sites for hydroxylation is 2. The van der Waals surface area contributed by atoms with Crippen molar-refractivity contribution in [1.29, 1.82) is 0 Å². The van der Waals surface area contributed by atoms with Crippen LogP contribution in [-0.4, -0.2) is 50.7 Å². The summed E-state index contributed by atoms with van der Waals surface area (Å²) in [6.45, 7) is 11.1. The summed E-state index contributed by atoms with van der Waals surface area (Å²) in [7, 11) is 2.16. The van der Waals surface area contributed by atoms with Crippen LogP contribution in [0.15, 0.2) is 18.2 Å². The van der Waals surface area contributed by atoms with Crippen molar-refractivity contribution in [3.05, 3.63) is 46.5 Å². The summed E-state index contributed by atoms with van der Waals surface area (Å²) in [6, 6.07) is 6.80. The van der Waals surface area contributed by atoms with Crippen LogP contribution in [0.4, 0.5) is 0 Å². The van der Waals surface area contributed by atoms with Gasteiger partial charge in [-0.2, -0.15) is 0 Å². The molecule has 2 fully saturated rings. The first kappa shape index (κ1) is 18.6. The van der Waals surface area contributed by atoms with Crippen molar-refractivity contribution in [1.82, 2.24) is 24.6 Å². The Morgan fingerprint density at radius 3 is 2.56 bits per heavy atom. The lowest BCUT2D eigenvalue weighted by molar-refractivity contribution is 0.194. The van der Waals surface area contributed by atoms with Crippen molar-refractivity contribution in [2.24, 2.45) is 7.05 Å². The molecule has 5 heteroatoms. The first-order valence-electron chi connectivity index (χ1n) is 10.5. The van der Waals surface area contributed by atoms with Crippen LogP contribution in [0.1, 0.15) is 59.9 Å². The molecule has 0 saturated carbocycles. The Morgan fingerprint density at radius 1 is 0.963 bits per heavy atom. The molecule has 1 aromatic carbocycles. The highest BCUT2D eigenvalue weighted by atomic mass is 15.3. The van der Waals surface area contributed by atoms with Gasteiger partial charge in [-0.15, -0.1) is 10.2 Å². The maximum Gasteiger partial charge on any atom is 0.146 e. The molecule has 5 nitrogen and oxygen atoms in total. The largest absolute Gasteiger partial charge is 0.317 e. The van der Waals surface area contributed by atoms with Crippen LogP contribution < -0.4 is 0 Å². The molecule has 4 rings (SSSR count). The summed E-state index contributed by atoms with van der Waals surface area (Å²) in [4.78, 5) is 5.10. The number of piperidine rings is 1. The summed E-state index contributed by atoms with van der Waals surface area (Å²) >= 11 is 0. The third-order valence-electron chi connectivity index (χ3n) is 6.33. The molecule has 1 aromatic heterocycles. The lowest BCUT2D eigenvalue weighted by Gasteiger charge is -2.32. The molecule has 0 aliphatic carbocycles. The lowest BCUT2D eigenvalue weighted by atomic mass is 9.96. The predicted octanol–water partition coefficient (Wildman–Crippen LogP) is 3.41. The monoisotopic (exact) mass is 367 g/mol. The fraction of sp³-hybridized carbons (Fsp3) is 0.636. The average molecular weight is 368 g/mol. The number of nitrogens with zero attached hydrogens (tertiary/aromatic N) is 5. The van der Waals surface area contributed by atoms with Gasteiger partial charge in [0.05, 0.1) is 6.54 Å². The Labute approximate surface area is 163 Å². The van der Waals surface area contributed by atoms with Crippen LogP contribution in [0.2, 0.25) is 0 Å². The van der Waals surface area contributed by atoms with Gasteiger partial charge >= 0.3 is 0 Å². The van der Waals surface area contributed by atoms with Crippen LogP contribution in [0, 0.1) is 13.8 Å². The van der Waals surface area contributed by atoms with E-state index in [2.05, 4.69) is 63.7 Å². The molecule has 146 valence electrons. The molecular weight excluding hydrogens is 334 g/mol. The quantitative estimate of drug-likeness (QED) is 0.812. The third-order valence-corrected chi connectivity index (χ3v) is 6.33. The molecule has 2 aromatic rings. The second-order valence-electron chi connectivity index (χ2n) is 8.52. The van der Waals surface area contributed by atoms with Gasteiger partial charge in [-0.3, -0.25) is 9.80 Å². The standard InChI is InChI=1S/C22H33N5/c1-17-8-9-18(2)20(13-17)15-27-12-6-7-19(14-27)22-24-23-21(25(22)3)16-26-10-4-5-11-26/h8-9,13,19H,4-7,10-12,14-16H2,1-3H3/t19-/m1/s1. The van der Waals surface area contributed by atoms with Gasteiger partial charge in [0.2, 0.25) is 0 Å². The van der Waals surface area contributed by atoms with Gasteiger partial charge in [0.25, 0.3) is 0 Å². The van der Waals surface area contributed by atoms with Gasteiger partial charge < -0.3 is 4.57 Å². The first-order valence-corrected chi connectivity index (χ1v) is 10.5. The molecule has 0 radical (unpaired) electrons. The SMILES string of the molecule is Cc1ccc(C)c(CN2CCC[C@@H](c3nnc(CN4CCCC4)n3C)C2)c1. The minimum absolute atomic E-state index is 0.494. The summed E-state index contributed by atoms with van der Waals surface area (Å²) in [5.74, 6) is 2.79. The Kier molecular flexibility index (Phi) is 5.60. The van der Waals surface area contributed by atoms with Crippen LogP contribution in [0.25, 0.3) is 0 Å². The van der Waals surface area contributed by atoms with Gasteiger partial charge in [0, 0.05) is 26.1 Å². The van der Waals surface area contributed by atoms with Crippen molar-refractivity contribution in [3.63, 3.8) is 0 Å². The van der Waals surface area contributed by atoms with E-state index in [1.807, 2.05) is 0 Å². The number of rotatable bonds is 5. The minimum Gasteiger partial charge on any atom is -0.317 e. The van der Waals surface area contributed by atoms with E-state index >= 15 is 0 Å². The van der Waals surface area contributed by atoms with Gasteiger partial charge in [-0.1, -0.05) is 23.8 Å². The third kappa shape index (κ3) is 4.25. The first-order chi connectivity index (χ1) is 13.1. The zero-order chi connectivity index (χ0) is 18.8. The number of hydrogen-bond acceptors (Lipinski definition) is 4. The van der Waals surface area contributed by atoms with E-state index in [1.165, 1.54) is 67.8 Å². The zero-order valence-corrected chi connectivity index (χ0v) is 17.1. The molecular formula is C22H33N5. The van der Waals surface area contributed by atoms with Crippen molar-refractivity contribution in [3.8, 4) is 0 Å². The molecule has 0 unspecified atom stereocenters. The number of hydrogen-bond donors (Lipinski definition) is 0. The second-order valence-corrected chi connectivity index (χ2v) is 8.52. The molecule has 3 heterocycles. The molecule has 0 bridgehead atoms. The Hall–Kier alpha value is -1.72. The van der Waals surface area contributed by atoms with Crippen LogP contribution in [0.3, 0.4) is 0 Å². The predicted molar refractivity (Wildman–Crippen MR) is 109 cm³/mol. The summed E-state index contributed by atoms with van der Waals surface area (Å²) in [6.07, 6.45) is 5.10. The summed E-state index contributed by atoms with van der Waals surface area (Å²) < 4.78 is 2.27. The fourth-order valence-corrected chi connectivity index (χ4v) is 4.63. The minimum atomic E-state index is 0.494. The highest BCUT2D eigenvalue weighted by Gasteiger charge is 2.26. The molecule has 2 saturated heterocycles. The topological polar surface area (TPSA) is 37.2 Å². The Morgan fingerprint density at radius 2 is 1.74 bits per heavy atom. The number of benzene rings is 1. The Balaban J connectivity index is 1.43. The van der Waals surface area contributed by atoms with E-state index in [9.17, 15) is 0 Å². The molecule has 0 spiro atoms. The van der Waals surface area contributed by atoms with Crippen molar-refractivity contribution < 1.29 is 0 Å². The van der Waals surface area contributed by atoms with Crippen molar-refractivity contribution >= 4 is 0 Å². The van der Waals surface area contributed by atoms with Crippen LogP contribution in [-0.2, 0) is 20.1 Å². The summed E-state index contributed by atoms with van der Waals surface area (Å²) in [5, 5.41) is 9.16. The van der Waals surface area contributed by atoms with Gasteiger partial charge in [-0.05, 0) is 70.3 Å². The zero-order valence-electron chi connectivity index (χ0n) is 17.1. The molecule has 0 amide bonds. The van der Waals surface area contributed by atoms with E-state index in [-0.39, 0.29) is 0 Å². The van der Waals surface area contributed by atoms with Crippen LogP contribution in [0.5, 0.6) is 0 Å². The molecule has 2 aliphatic heterocycles. The normalized spacial score (nSPS) is 21.8. The van der Waals surface area contributed by atoms with Crippen molar-refractivity contribution in [2.45, 2.75) is 58.5 Å². The summed E-state index contributed by atoms with van der Waals surface area (Å²) in [5.41, 5.74) is 4.21. The molecule has 27 heavy (non-hydrogen) atoms. The van der Waals surface area contributed by atoms with Gasteiger partial charge in [0.1, 0.15) is 11.6 Å². The highest BCUT2D eigenvalue weighted by Crippen LogP contribution is 2.27. The van der Waals surface area contributed by atoms with E-state index < -0.39 is 0 Å².